The van der Waals surface area contributed by atoms with Crippen molar-refractivity contribution >= 4 is 5.97 Å². The number of carboxylic acids is 1. The fourth-order valence-electron chi connectivity index (χ4n) is 2.06. The molecule has 0 unspecified atom stereocenters. The standard InChI is InChI=1S/C21H27FO7.K/c22-16-9-11-18(12-10-16)29-13-17(23)7-5-3-1-2-4-6-8-19(24)20(25)14-28-15-21(26)27;/h2,4-12,17,19-20,23-25H,1,3,13-15H2,(H,26,27);/q;+1/p-1/t17-,19+,20-;/m0./s1. The molecule has 0 fully saturated rings. The molecule has 0 saturated carbocycles. The van der Waals surface area contributed by atoms with E-state index >= 15 is 0 Å². The fourth-order valence-corrected chi connectivity index (χ4v) is 2.06. The van der Waals surface area contributed by atoms with E-state index in [9.17, 15) is 29.6 Å². The minimum Gasteiger partial charge on any atom is -0.548 e. The molecule has 0 radical (unpaired) electrons. The van der Waals surface area contributed by atoms with Gasteiger partial charge in [0.05, 0.1) is 19.2 Å². The molecule has 0 bridgehead atoms. The van der Waals surface area contributed by atoms with Gasteiger partial charge in [-0.15, -0.1) is 0 Å². The SMILES string of the molecule is O=C([O-])COC[C@H](O)[C@H](O)C=CC=CCCC=C[C@H](O)COc1ccc(F)cc1.[K+]. The molecule has 7 nitrogen and oxygen atoms in total. The number of ether oxygens (including phenoxy) is 2. The van der Waals surface area contributed by atoms with E-state index in [2.05, 4.69) is 4.74 Å². The molecule has 3 atom stereocenters. The number of unbranched alkanes of at least 4 members (excludes halogenated alkanes) is 1. The van der Waals surface area contributed by atoms with Crippen LogP contribution in [0, 0.1) is 5.82 Å². The van der Waals surface area contributed by atoms with E-state index in [1.807, 2.05) is 6.08 Å². The third-order valence-electron chi connectivity index (χ3n) is 3.55. The molecule has 1 aromatic carbocycles. The van der Waals surface area contributed by atoms with Crippen LogP contribution >= 0.6 is 0 Å². The number of carbonyl (C=O) groups is 1. The molecule has 9 heteroatoms. The van der Waals surface area contributed by atoms with Gasteiger partial charge >= 0.3 is 51.4 Å². The Morgan fingerprint density at radius 3 is 2.37 bits per heavy atom. The van der Waals surface area contributed by atoms with Crippen LogP contribution in [0.5, 0.6) is 5.75 Å². The molecule has 1 rings (SSSR count). The Balaban J connectivity index is 0.00000841. The Hall–Kier alpha value is -0.884. The summed E-state index contributed by atoms with van der Waals surface area (Å²) in [6.07, 6.45) is 8.04. The number of hydrogen-bond donors (Lipinski definition) is 3. The summed E-state index contributed by atoms with van der Waals surface area (Å²) in [5.74, 6) is -1.27. The maximum absolute atomic E-state index is 12.8. The number of carboxylic acid groups (broad SMARTS) is 1. The topological polar surface area (TPSA) is 119 Å². The molecule has 0 saturated heterocycles. The van der Waals surface area contributed by atoms with Crippen molar-refractivity contribution in [2.24, 2.45) is 0 Å². The number of rotatable bonds is 14. The van der Waals surface area contributed by atoms with Gasteiger partial charge in [-0.3, -0.25) is 0 Å². The van der Waals surface area contributed by atoms with Gasteiger partial charge in [0.2, 0.25) is 0 Å². The van der Waals surface area contributed by atoms with E-state index < -0.39 is 30.9 Å². The zero-order valence-electron chi connectivity index (χ0n) is 16.9. The number of aliphatic hydroxyl groups excluding tert-OH is 3. The van der Waals surface area contributed by atoms with Crippen LogP contribution in [0.3, 0.4) is 0 Å². The third-order valence-corrected chi connectivity index (χ3v) is 3.55. The van der Waals surface area contributed by atoms with Crippen molar-refractivity contribution in [2.75, 3.05) is 19.8 Å². The van der Waals surface area contributed by atoms with Crippen LogP contribution in [0.4, 0.5) is 4.39 Å². The van der Waals surface area contributed by atoms with E-state index in [-0.39, 0.29) is 70.4 Å². The first-order chi connectivity index (χ1) is 13.9. The van der Waals surface area contributed by atoms with Crippen molar-refractivity contribution in [1.82, 2.24) is 0 Å². The number of halogens is 1. The average molecular weight is 449 g/mol. The fraction of sp³-hybridized carbons (Fsp3) is 0.381. The average Bonchev–Trinajstić information content (AvgIpc) is 2.69. The second-order valence-electron chi connectivity index (χ2n) is 6.10. The normalized spacial score (nSPS) is 14.7. The van der Waals surface area contributed by atoms with Crippen LogP contribution < -0.4 is 61.2 Å². The van der Waals surface area contributed by atoms with E-state index in [0.29, 0.717) is 18.6 Å². The Morgan fingerprint density at radius 1 is 1.03 bits per heavy atom. The quantitative estimate of drug-likeness (QED) is 0.125. The summed E-state index contributed by atoms with van der Waals surface area (Å²) in [5.41, 5.74) is 0. The molecule has 1 aromatic rings. The predicted molar refractivity (Wildman–Crippen MR) is 102 cm³/mol. The van der Waals surface area contributed by atoms with E-state index in [0.717, 1.165) is 0 Å². The zero-order chi connectivity index (χ0) is 21.5. The second-order valence-corrected chi connectivity index (χ2v) is 6.10. The van der Waals surface area contributed by atoms with Crippen LogP contribution in [0.15, 0.2) is 60.7 Å². The number of allylic oxidation sites excluding steroid dienone is 4. The van der Waals surface area contributed by atoms with Gasteiger partial charge in [-0.05, 0) is 37.1 Å². The summed E-state index contributed by atoms with van der Waals surface area (Å²) in [7, 11) is 0. The van der Waals surface area contributed by atoms with Gasteiger partial charge in [0, 0.05) is 0 Å². The van der Waals surface area contributed by atoms with Crippen LogP contribution in [0.1, 0.15) is 12.8 Å². The predicted octanol–water partition coefficient (Wildman–Crippen LogP) is -2.49. The smallest absolute Gasteiger partial charge is 0.548 e. The molecular weight excluding hydrogens is 422 g/mol. The number of benzene rings is 1. The summed E-state index contributed by atoms with van der Waals surface area (Å²) < 4.78 is 22.7. The van der Waals surface area contributed by atoms with Crippen molar-refractivity contribution < 1.29 is 90.5 Å². The Bertz CT molecular complexity index is 676. The van der Waals surface area contributed by atoms with Gasteiger partial charge < -0.3 is 34.7 Å². The molecule has 0 aliphatic heterocycles. The van der Waals surface area contributed by atoms with Crippen molar-refractivity contribution in [3.63, 3.8) is 0 Å². The summed E-state index contributed by atoms with van der Waals surface area (Å²) in [6.45, 7) is -0.900. The Kier molecular flexibility index (Phi) is 17.2. The Morgan fingerprint density at radius 2 is 1.70 bits per heavy atom. The summed E-state index contributed by atoms with van der Waals surface area (Å²) in [5, 5.41) is 39.2. The monoisotopic (exact) mass is 448 g/mol. The number of carbonyl (C=O) groups excluding carboxylic acids is 1. The number of aliphatic hydroxyl groups is 3. The minimum absolute atomic E-state index is 0. The van der Waals surface area contributed by atoms with Gasteiger partial charge in [-0.2, -0.15) is 0 Å². The maximum atomic E-state index is 12.8. The van der Waals surface area contributed by atoms with Gasteiger partial charge in [-0.1, -0.05) is 36.5 Å². The van der Waals surface area contributed by atoms with Crippen molar-refractivity contribution in [2.45, 2.75) is 31.2 Å². The molecule has 0 aliphatic carbocycles. The van der Waals surface area contributed by atoms with Crippen LogP contribution in [-0.4, -0.2) is 59.4 Å². The van der Waals surface area contributed by atoms with Crippen molar-refractivity contribution in [1.29, 1.82) is 0 Å². The maximum Gasteiger partial charge on any atom is 1.00 e. The molecule has 160 valence electrons. The summed E-state index contributed by atoms with van der Waals surface area (Å²) in [6, 6.07) is 5.53. The second kappa shape index (κ2) is 17.8. The van der Waals surface area contributed by atoms with Crippen LogP contribution in [-0.2, 0) is 9.53 Å². The summed E-state index contributed by atoms with van der Waals surface area (Å²) in [4.78, 5) is 10.2. The van der Waals surface area contributed by atoms with Gasteiger partial charge in [0.15, 0.2) is 0 Å². The first kappa shape index (κ1) is 29.1. The third kappa shape index (κ3) is 15.0. The minimum atomic E-state index is -1.40. The number of aliphatic carboxylic acids is 1. The van der Waals surface area contributed by atoms with Crippen molar-refractivity contribution in [3.05, 3.63) is 66.5 Å². The number of hydrogen-bond acceptors (Lipinski definition) is 7. The molecular formula is C21H26FKO7. The van der Waals surface area contributed by atoms with E-state index in [4.69, 9.17) is 4.74 Å². The molecule has 0 amide bonds. The van der Waals surface area contributed by atoms with Crippen LogP contribution in [0.25, 0.3) is 0 Å². The van der Waals surface area contributed by atoms with Gasteiger partial charge in [0.1, 0.15) is 36.5 Å². The molecule has 30 heavy (non-hydrogen) atoms. The molecule has 0 aromatic heterocycles. The molecule has 0 aliphatic rings. The Labute approximate surface area is 217 Å². The summed E-state index contributed by atoms with van der Waals surface area (Å²) >= 11 is 0. The van der Waals surface area contributed by atoms with Gasteiger partial charge in [0.25, 0.3) is 0 Å². The van der Waals surface area contributed by atoms with E-state index in [1.165, 1.54) is 30.3 Å². The van der Waals surface area contributed by atoms with Crippen LogP contribution in [0.2, 0.25) is 0 Å². The molecule has 0 spiro atoms. The van der Waals surface area contributed by atoms with Crippen molar-refractivity contribution in [3.8, 4) is 5.75 Å². The molecule has 0 heterocycles. The first-order valence-electron chi connectivity index (χ1n) is 9.08. The zero-order valence-corrected chi connectivity index (χ0v) is 20.0. The first-order valence-corrected chi connectivity index (χ1v) is 9.08. The largest absolute Gasteiger partial charge is 1.00 e. The molecule has 3 N–H and O–H groups in total. The van der Waals surface area contributed by atoms with E-state index in [1.54, 1.807) is 24.3 Å². The van der Waals surface area contributed by atoms with Gasteiger partial charge in [-0.25, -0.2) is 4.39 Å².